The zero-order valence-electron chi connectivity index (χ0n) is 14.8. The number of benzene rings is 1. The van der Waals surface area contributed by atoms with Gasteiger partial charge >= 0.3 is 6.09 Å². The van der Waals surface area contributed by atoms with E-state index in [2.05, 4.69) is 0 Å². The largest absolute Gasteiger partial charge is 0.496 e. The van der Waals surface area contributed by atoms with E-state index in [1.165, 1.54) is 0 Å². The summed E-state index contributed by atoms with van der Waals surface area (Å²) in [5, 5.41) is 0. The number of fused-ring (bicyclic) bond motifs is 1. The third-order valence-electron chi connectivity index (χ3n) is 5.08. The Hall–Kier alpha value is -2.30. The van der Waals surface area contributed by atoms with E-state index in [4.69, 9.17) is 9.47 Å². The van der Waals surface area contributed by atoms with Crippen molar-refractivity contribution in [1.82, 2.24) is 4.90 Å². The minimum absolute atomic E-state index is 0.135. The van der Waals surface area contributed by atoms with Crippen LogP contribution in [0.2, 0.25) is 0 Å². The summed E-state index contributed by atoms with van der Waals surface area (Å²) in [4.78, 5) is 26.6. The highest BCUT2D eigenvalue weighted by atomic mass is 16.6. The van der Waals surface area contributed by atoms with Gasteiger partial charge in [-0.25, -0.2) is 4.79 Å². The lowest BCUT2D eigenvalue weighted by Gasteiger charge is -2.37. The van der Waals surface area contributed by atoms with Crippen molar-refractivity contribution in [2.75, 3.05) is 13.1 Å². The van der Waals surface area contributed by atoms with E-state index in [9.17, 15) is 9.59 Å². The molecule has 1 aromatic carbocycles. The summed E-state index contributed by atoms with van der Waals surface area (Å²) in [5.74, 6) is -0.0143. The van der Waals surface area contributed by atoms with Crippen LogP contribution in [0.1, 0.15) is 38.7 Å². The molecule has 0 bridgehead atoms. The maximum Gasteiger partial charge on any atom is 0.410 e. The maximum atomic E-state index is 12.8. The second-order valence-corrected chi connectivity index (χ2v) is 6.53. The molecule has 1 amide bonds. The first kappa shape index (κ1) is 17.5. The van der Waals surface area contributed by atoms with Gasteiger partial charge < -0.3 is 14.4 Å². The molecule has 3 rings (SSSR count). The van der Waals surface area contributed by atoms with E-state index < -0.39 is 0 Å². The second kappa shape index (κ2) is 7.72. The molecule has 0 radical (unpaired) electrons. The van der Waals surface area contributed by atoms with Crippen molar-refractivity contribution in [3.8, 4) is 0 Å². The maximum absolute atomic E-state index is 12.8. The highest BCUT2D eigenvalue weighted by Crippen LogP contribution is 2.37. The number of carbonyl (C=O) groups excluding carboxylic acids is 2. The molecular formula is C20H25NO4. The molecule has 25 heavy (non-hydrogen) atoms. The molecule has 1 aromatic rings. The first-order valence-electron chi connectivity index (χ1n) is 9.04. The molecule has 0 saturated heterocycles. The fraction of sp³-hybridized carbons (Fsp3) is 0.500. The molecular weight excluding hydrogens is 318 g/mol. The van der Waals surface area contributed by atoms with E-state index in [-0.39, 0.29) is 30.0 Å². The quantitative estimate of drug-likeness (QED) is 0.837. The van der Waals surface area contributed by atoms with Gasteiger partial charge in [0, 0.05) is 19.5 Å². The first-order chi connectivity index (χ1) is 12.1. The van der Waals surface area contributed by atoms with E-state index in [1.807, 2.05) is 44.2 Å². The van der Waals surface area contributed by atoms with Crippen LogP contribution in [-0.4, -0.2) is 42.1 Å². The Morgan fingerprint density at radius 3 is 2.60 bits per heavy atom. The van der Waals surface area contributed by atoms with Crippen molar-refractivity contribution >= 4 is 17.4 Å². The molecule has 3 unspecified atom stereocenters. The zero-order valence-corrected chi connectivity index (χ0v) is 14.8. The molecule has 1 fully saturated rings. The second-order valence-electron chi connectivity index (χ2n) is 6.53. The van der Waals surface area contributed by atoms with Crippen LogP contribution in [0.25, 0.3) is 5.57 Å². The van der Waals surface area contributed by atoms with E-state index >= 15 is 0 Å². The van der Waals surface area contributed by atoms with Gasteiger partial charge in [-0.15, -0.1) is 0 Å². The number of allylic oxidation sites excluding steroid dienone is 1. The normalized spacial score (nSPS) is 25.4. The molecule has 1 heterocycles. The van der Waals surface area contributed by atoms with E-state index in [0.29, 0.717) is 37.9 Å². The Morgan fingerprint density at radius 2 is 1.92 bits per heavy atom. The van der Waals surface area contributed by atoms with Gasteiger partial charge in [0.2, 0.25) is 0 Å². The van der Waals surface area contributed by atoms with Gasteiger partial charge in [-0.1, -0.05) is 30.3 Å². The fourth-order valence-corrected chi connectivity index (χ4v) is 3.59. The smallest absolute Gasteiger partial charge is 0.410 e. The predicted molar refractivity (Wildman–Crippen MR) is 94.8 cm³/mol. The monoisotopic (exact) mass is 343 g/mol. The summed E-state index contributed by atoms with van der Waals surface area (Å²) in [7, 11) is 0. The summed E-state index contributed by atoms with van der Waals surface area (Å²) in [5.41, 5.74) is 1.53. The zero-order chi connectivity index (χ0) is 17.8. The molecule has 5 heteroatoms. The fourth-order valence-electron chi connectivity index (χ4n) is 3.59. The lowest BCUT2D eigenvalue weighted by molar-refractivity contribution is -0.126. The highest BCUT2D eigenvalue weighted by molar-refractivity contribution is 6.22. The third-order valence-corrected chi connectivity index (χ3v) is 5.08. The van der Waals surface area contributed by atoms with Gasteiger partial charge in [0.1, 0.15) is 12.2 Å². The number of hydrogen-bond donors (Lipinski definition) is 0. The SMILES string of the molecule is CCN(CC)C(=O)OC1CCC2C(=O)C(c3ccccc3)=COC2C1. The van der Waals surface area contributed by atoms with Crippen molar-refractivity contribution in [3.63, 3.8) is 0 Å². The van der Waals surface area contributed by atoms with Crippen LogP contribution in [0, 0.1) is 5.92 Å². The Balaban J connectivity index is 1.65. The van der Waals surface area contributed by atoms with E-state index in [0.717, 1.165) is 5.56 Å². The standard InChI is InChI=1S/C20H25NO4/c1-3-21(4-2)20(23)25-15-10-11-16-18(12-15)24-13-17(19(16)22)14-8-6-5-7-9-14/h5-9,13,15-16,18H,3-4,10-12H2,1-2H3. The lowest BCUT2D eigenvalue weighted by atomic mass is 9.78. The molecule has 2 aliphatic rings. The van der Waals surface area contributed by atoms with Gasteiger partial charge in [-0.2, -0.15) is 0 Å². The van der Waals surface area contributed by atoms with Crippen molar-refractivity contribution in [2.45, 2.75) is 45.3 Å². The predicted octanol–water partition coefficient (Wildman–Crippen LogP) is 3.64. The summed E-state index contributed by atoms with van der Waals surface area (Å²) in [6, 6.07) is 9.60. The molecule has 0 spiro atoms. The number of ether oxygens (including phenoxy) is 2. The van der Waals surface area contributed by atoms with Gasteiger partial charge in [0.15, 0.2) is 5.78 Å². The molecule has 1 saturated carbocycles. The number of ketones is 1. The van der Waals surface area contributed by atoms with Crippen LogP contribution in [0.4, 0.5) is 4.79 Å². The molecule has 134 valence electrons. The van der Waals surface area contributed by atoms with Crippen molar-refractivity contribution < 1.29 is 19.1 Å². The number of rotatable bonds is 4. The summed E-state index contributed by atoms with van der Waals surface area (Å²) in [6.07, 6.45) is 2.86. The van der Waals surface area contributed by atoms with Gasteiger partial charge in [0.05, 0.1) is 17.8 Å². The van der Waals surface area contributed by atoms with Crippen LogP contribution in [0.15, 0.2) is 36.6 Å². The Morgan fingerprint density at radius 1 is 1.20 bits per heavy atom. The molecule has 5 nitrogen and oxygen atoms in total. The molecule has 1 aliphatic heterocycles. The molecule has 0 N–H and O–H groups in total. The van der Waals surface area contributed by atoms with Crippen molar-refractivity contribution in [2.24, 2.45) is 5.92 Å². The van der Waals surface area contributed by atoms with Crippen LogP contribution in [-0.2, 0) is 14.3 Å². The van der Waals surface area contributed by atoms with Crippen LogP contribution in [0.3, 0.4) is 0 Å². The Kier molecular flexibility index (Phi) is 5.41. The molecule has 0 aromatic heterocycles. The Labute approximate surface area is 148 Å². The van der Waals surface area contributed by atoms with Crippen LogP contribution < -0.4 is 0 Å². The summed E-state index contributed by atoms with van der Waals surface area (Å²) in [6.45, 7) is 5.12. The number of carbonyl (C=O) groups is 2. The minimum atomic E-state index is -0.281. The van der Waals surface area contributed by atoms with Crippen LogP contribution in [0.5, 0.6) is 0 Å². The van der Waals surface area contributed by atoms with Crippen molar-refractivity contribution in [1.29, 1.82) is 0 Å². The van der Waals surface area contributed by atoms with Gasteiger partial charge in [-0.3, -0.25) is 4.79 Å². The number of hydrogen-bond acceptors (Lipinski definition) is 4. The third kappa shape index (κ3) is 3.70. The average molecular weight is 343 g/mol. The van der Waals surface area contributed by atoms with Crippen molar-refractivity contribution in [3.05, 3.63) is 42.2 Å². The van der Waals surface area contributed by atoms with E-state index in [1.54, 1.807) is 11.2 Å². The van der Waals surface area contributed by atoms with Gasteiger partial charge in [-0.05, 0) is 32.3 Å². The average Bonchev–Trinajstić information content (AvgIpc) is 2.64. The number of nitrogens with zero attached hydrogens (tertiary/aromatic N) is 1. The topological polar surface area (TPSA) is 55.8 Å². The summed E-state index contributed by atoms with van der Waals surface area (Å²) < 4.78 is 11.5. The number of amides is 1. The number of Topliss-reactive ketones (excluding diaryl/α,β-unsaturated/α-hetero) is 1. The van der Waals surface area contributed by atoms with Gasteiger partial charge in [0.25, 0.3) is 0 Å². The minimum Gasteiger partial charge on any atom is -0.496 e. The molecule has 1 aliphatic carbocycles. The Bertz CT molecular complexity index is 651. The first-order valence-corrected chi connectivity index (χ1v) is 9.04. The van der Waals surface area contributed by atoms with Crippen LogP contribution >= 0.6 is 0 Å². The summed E-state index contributed by atoms with van der Waals surface area (Å²) >= 11 is 0. The lowest BCUT2D eigenvalue weighted by Crippen LogP contribution is -2.43. The molecule has 3 atom stereocenters. The highest BCUT2D eigenvalue weighted by Gasteiger charge is 2.41.